The van der Waals surface area contributed by atoms with Gasteiger partial charge in [0.25, 0.3) is 0 Å². The minimum atomic E-state index is -0.319. The lowest BCUT2D eigenvalue weighted by Crippen LogP contribution is -2.32. The Labute approximate surface area is 105 Å². The molecule has 0 unspecified atom stereocenters. The Kier molecular flexibility index (Phi) is 2.71. The number of hydrogen-bond donors (Lipinski definition) is 0. The lowest BCUT2D eigenvalue weighted by atomic mass is 10.1. The molecule has 0 spiro atoms. The molecule has 0 aromatic carbocycles. The van der Waals surface area contributed by atoms with Crippen LogP contribution in [0.5, 0.6) is 0 Å². The highest BCUT2D eigenvalue weighted by atomic mass is 35.5. The Morgan fingerprint density at radius 3 is 3.00 bits per heavy atom. The zero-order valence-corrected chi connectivity index (χ0v) is 10.5. The molecular weight excluding hydrogens is 241 g/mol. The molecule has 92 valence electrons. The predicted octanol–water partition coefficient (Wildman–Crippen LogP) is 2.01. The molecule has 0 amide bonds. The van der Waals surface area contributed by atoms with E-state index in [0.717, 1.165) is 19.6 Å². The first kappa shape index (κ1) is 11.2. The average Bonchev–Trinajstić information content (AvgIpc) is 2.81. The SMILES string of the molecule is CN1CC[C@H]2CN(c3ncc(Cl)cc3F)C[C@H]21. The van der Waals surface area contributed by atoms with Crippen LogP contribution < -0.4 is 4.90 Å². The molecule has 1 aromatic rings. The van der Waals surface area contributed by atoms with Gasteiger partial charge in [0.15, 0.2) is 11.6 Å². The first-order valence-electron chi connectivity index (χ1n) is 5.91. The van der Waals surface area contributed by atoms with E-state index in [2.05, 4.69) is 16.9 Å². The van der Waals surface area contributed by atoms with Crippen molar-refractivity contribution in [2.45, 2.75) is 12.5 Å². The van der Waals surface area contributed by atoms with E-state index in [4.69, 9.17) is 11.6 Å². The van der Waals surface area contributed by atoms with Gasteiger partial charge in [-0.3, -0.25) is 0 Å². The van der Waals surface area contributed by atoms with E-state index in [9.17, 15) is 4.39 Å². The van der Waals surface area contributed by atoms with Crippen LogP contribution in [0.4, 0.5) is 10.2 Å². The molecule has 0 N–H and O–H groups in total. The van der Waals surface area contributed by atoms with Crippen LogP contribution in [0.1, 0.15) is 6.42 Å². The number of hydrogen-bond acceptors (Lipinski definition) is 3. The number of nitrogens with zero attached hydrogens (tertiary/aromatic N) is 3. The minimum absolute atomic E-state index is 0.319. The van der Waals surface area contributed by atoms with E-state index < -0.39 is 0 Å². The third-order valence-corrected chi connectivity index (χ3v) is 4.12. The first-order valence-corrected chi connectivity index (χ1v) is 6.29. The molecule has 2 saturated heterocycles. The van der Waals surface area contributed by atoms with Gasteiger partial charge in [0, 0.05) is 25.3 Å². The third kappa shape index (κ3) is 1.89. The number of halogens is 2. The van der Waals surface area contributed by atoms with Gasteiger partial charge in [0.05, 0.1) is 5.02 Å². The standard InChI is InChI=1S/C12H15ClFN3/c1-16-3-2-8-6-17(7-11(8)16)12-10(14)4-9(13)5-15-12/h4-5,8,11H,2-3,6-7H2,1H3/t8-,11+/m0/s1. The Morgan fingerprint density at radius 1 is 1.47 bits per heavy atom. The van der Waals surface area contributed by atoms with Crippen molar-refractivity contribution in [2.24, 2.45) is 5.92 Å². The van der Waals surface area contributed by atoms with Gasteiger partial charge < -0.3 is 9.80 Å². The Balaban J connectivity index is 1.83. The quantitative estimate of drug-likeness (QED) is 0.765. The second-order valence-electron chi connectivity index (χ2n) is 4.96. The number of likely N-dealkylation sites (tertiary alicyclic amines) is 1. The van der Waals surface area contributed by atoms with Gasteiger partial charge in [-0.2, -0.15) is 0 Å². The van der Waals surface area contributed by atoms with Crippen molar-refractivity contribution >= 4 is 17.4 Å². The number of anilines is 1. The molecule has 3 nitrogen and oxygen atoms in total. The fourth-order valence-electron chi connectivity index (χ4n) is 2.99. The van der Waals surface area contributed by atoms with Gasteiger partial charge >= 0.3 is 0 Å². The molecule has 0 bridgehead atoms. The second-order valence-corrected chi connectivity index (χ2v) is 5.40. The number of likely N-dealkylation sites (N-methyl/N-ethyl adjacent to an activating group) is 1. The van der Waals surface area contributed by atoms with Crippen LogP contribution in [0.2, 0.25) is 5.02 Å². The maximum Gasteiger partial charge on any atom is 0.167 e. The van der Waals surface area contributed by atoms with Crippen LogP contribution >= 0.6 is 11.6 Å². The summed E-state index contributed by atoms with van der Waals surface area (Å²) in [5.74, 6) is 0.772. The van der Waals surface area contributed by atoms with Crippen LogP contribution in [0.3, 0.4) is 0 Å². The molecular formula is C12H15ClFN3. The summed E-state index contributed by atoms with van der Waals surface area (Å²) in [5, 5.41) is 0.350. The van der Waals surface area contributed by atoms with Crippen molar-refractivity contribution in [1.29, 1.82) is 0 Å². The zero-order valence-electron chi connectivity index (χ0n) is 9.74. The van der Waals surface area contributed by atoms with Crippen molar-refractivity contribution < 1.29 is 4.39 Å². The van der Waals surface area contributed by atoms with Crippen molar-refractivity contribution in [3.8, 4) is 0 Å². The van der Waals surface area contributed by atoms with Crippen LogP contribution in [0.25, 0.3) is 0 Å². The van der Waals surface area contributed by atoms with Crippen molar-refractivity contribution in [3.05, 3.63) is 23.1 Å². The summed E-state index contributed by atoms with van der Waals surface area (Å²) >= 11 is 5.71. The monoisotopic (exact) mass is 255 g/mol. The lowest BCUT2D eigenvalue weighted by Gasteiger charge is -2.21. The van der Waals surface area contributed by atoms with E-state index in [1.807, 2.05) is 4.90 Å². The van der Waals surface area contributed by atoms with Gasteiger partial charge in [-0.1, -0.05) is 11.6 Å². The summed E-state index contributed by atoms with van der Waals surface area (Å²) in [7, 11) is 2.14. The Bertz CT molecular complexity index is 440. The van der Waals surface area contributed by atoms with Crippen LogP contribution in [0.15, 0.2) is 12.3 Å². The molecule has 2 aliphatic rings. The summed E-state index contributed by atoms with van der Waals surface area (Å²) in [4.78, 5) is 8.51. The molecule has 0 radical (unpaired) electrons. The summed E-state index contributed by atoms with van der Waals surface area (Å²) in [6, 6.07) is 1.88. The molecule has 2 fully saturated rings. The summed E-state index contributed by atoms with van der Waals surface area (Å²) < 4.78 is 13.8. The highest BCUT2D eigenvalue weighted by molar-refractivity contribution is 6.30. The molecule has 17 heavy (non-hydrogen) atoms. The van der Waals surface area contributed by atoms with Crippen molar-refractivity contribution in [1.82, 2.24) is 9.88 Å². The molecule has 3 heterocycles. The van der Waals surface area contributed by atoms with Gasteiger partial charge in [0.2, 0.25) is 0 Å². The normalized spacial score (nSPS) is 28.8. The van der Waals surface area contributed by atoms with E-state index >= 15 is 0 Å². The third-order valence-electron chi connectivity index (χ3n) is 3.91. The van der Waals surface area contributed by atoms with E-state index in [1.165, 1.54) is 18.7 Å². The number of rotatable bonds is 1. The minimum Gasteiger partial charge on any atom is -0.352 e. The fraction of sp³-hybridized carbons (Fsp3) is 0.583. The highest BCUT2D eigenvalue weighted by Gasteiger charge is 2.40. The maximum atomic E-state index is 13.8. The molecule has 0 aliphatic carbocycles. The molecule has 1 aromatic heterocycles. The van der Waals surface area contributed by atoms with Gasteiger partial charge in [0.1, 0.15) is 0 Å². The topological polar surface area (TPSA) is 19.4 Å². The van der Waals surface area contributed by atoms with E-state index in [1.54, 1.807) is 0 Å². The van der Waals surface area contributed by atoms with Gasteiger partial charge in [-0.25, -0.2) is 9.37 Å². The van der Waals surface area contributed by atoms with Gasteiger partial charge in [-0.05, 0) is 32.0 Å². The largest absolute Gasteiger partial charge is 0.352 e. The van der Waals surface area contributed by atoms with E-state index in [0.29, 0.717) is 22.8 Å². The molecule has 0 saturated carbocycles. The fourth-order valence-corrected chi connectivity index (χ4v) is 3.13. The predicted molar refractivity (Wildman–Crippen MR) is 65.9 cm³/mol. The highest BCUT2D eigenvalue weighted by Crippen LogP contribution is 2.33. The van der Waals surface area contributed by atoms with Crippen molar-refractivity contribution in [3.63, 3.8) is 0 Å². The van der Waals surface area contributed by atoms with Crippen molar-refractivity contribution in [2.75, 3.05) is 31.6 Å². The molecule has 2 aliphatic heterocycles. The first-order chi connectivity index (χ1) is 8.15. The Morgan fingerprint density at radius 2 is 2.29 bits per heavy atom. The summed E-state index contributed by atoms with van der Waals surface area (Å²) in [5.41, 5.74) is 0. The van der Waals surface area contributed by atoms with Gasteiger partial charge in [-0.15, -0.1) is 0 Å². The number of aromatic nitrogens is 1. The van der Waals surface area contributed by atoms with Crippen LogP contribution in [-0.2, 0) is 0 Å². The summed E-state index contributed by atoms with van der Waals surface area (Å²) in [6.07, 6.45) is 2.71. The Hall–Kier alpha value is -0.870. The summed E-state index contributed by atoms with van der Waals surface area (Å²) in [6.45, 7) is 2.92. The molecule has 3 rings (SSSR count). The molecule has 5 heteroatoms. The molecule has 2 atom stereocenters. The lowest BCUT2D eigenvalue weighted by molar-refractivity contribution is 0.310. The number of fused-ring (bicyclic) bond motifs is 1. The average molecular weight is 256 g/mol. The zero-order chi connectivity index (χ0) is 12.0. The smallest absolute Gasteiger partial charge is 0.167 e. The van der Waals surface area contributed by atoms with E-state index in [-0.39, 0.29) is 5.82 Å². The maximum absolute atomic E-state index is 13.8. The van der Waals surface area contributed by atoms with Crippen LogP contribution in [0, 0.1) is 11.7 Å². The second kappa shape index (κ2) is 4.10. The van der Waals surface area contributed by atoms with Crippen LogP contribution in [-0.4, -0.2) is 42.6 Å². The number of pyridine rings is 1.